The van der Waals surface area contributed by atoms with Crippen LogP contribution < -0.4 is 0 Å². The first kappa shape index (κ1) is 19.6. The number of likely N-dealkylation sites (tertiary alicyclic amines) is 1. The second-order valence-electron chi connectivity index (χ2n) is 7.29. The van der Waals surface area contributed by atoms with E-state index in [1.54, 1.807) is 11.0 Å². The van der Waals surface area contributed by atoms with Gasteiger partial charge >= 0.3 is 5.97 Å². The Labute approximate surface area is 162 Å². The molecular formula is C20H22N2O6. The number of amides is 1. The average molecular weight is 386 g/mol. The second-order valence-corrected chi connectivity index (χ2v) is 7.29. The van der Waals surface area contributed by atoms with Gasteiger partial charge in [0.1, 0.15) is 5.76 Å². The molecule has 1 fully saturated rings. The number of esters is 1. The van der Waals surface area contributed by atoms with Crippen LogP contribution in [0.1, 0.15) is 30.8 Å². The standard InChI is InChI=1S/C20H22N2O6/c1-13-9-14(2)11-21(10-13)19(23)12-27-20(24)18-8-7-17(28-18)15-3-5-16(6-4-15)22(25)26/h3-8,13-14H,9-12H2,1-2H3. The third-order valence-corrected chi connectivity index (χ3v) is 4.72. The maximum atomic E-state index is 12.3. The number of nitro groups is 1. The lowest BCUT2D eigenvalue weighted by atomic mass is 9.92. The predicted octanol–water partition coefficient (Wildman–Crippen LogP) is 3.52. The number of furan rings is 1. The summed E-state index contributed by atoms with van der Waals surface area (Å²) in [5.74, 6) is 0.275. The molecule has 0 N–H and O–H groups in total. The number of hydrogen-bond acceptors (Lipinski definition) is 6. The molecule has 1 amide bonds. The van der Waals surface area contributed by atoms with Crippen LogP contribution in [0.4, 0.5) is 5.69 Å². The highest BCUT2D eigenvalue weighted by Gasteiger charge is 2.26. The van der Waals surface area contributed by atoms with Crippen molar-refractivity contribution < 1.29 is 23.7 Å². The van der Waals surface area contributed by atoms with E-state index >= 15 is 0 Å². The lowest BCUT2D eigenvalue weighted by Crippen LogP contribution is -2.44. The highest BCUT2D eigenvalue weighted by Crippen LogP contribution is 2.25. The van der Waals surface area contributed by atoms with Crippen LogP contribution in [-0.2, 0) is 9.53 Å². The van der Waals surface area contributed by atoms with E-state index < -0.39 is 10.9 Å². The SMILES string of the molecule is CC1CC(C)CN(C(=O)COC(=O)c2ccc(-c3ccc([N+](=O)[O-])cc3)o2)C1. The van der Waals surface area contributed by atoms with Crippen molar-refractivity contribution in [2.45, 2.75) is 20.3 Å². The molecule has 2 unspecified atom stereocenters. The molecule has 1 aliphatic heterocycles. The Balaban J connectivity index is 1.58. The van der Waals surface area contributed by atoms with Gasteiger partial charge in [-0.15, -0.1) is 0 Å². The van der Waals surface area contributed by atoms with Crippen molar-refractivity contribution in [2.24, 2.45) is 11.8 Å². The molecule has 2 atom stereocenters. The zero-order chi connectivity index (χ0) is 20.3. The Kier molecular flexibility index (Phi) is 5.77. The van der Waals surface area contributed by atoms with Crippen LogP contribution >= 0.6 is 0 Å². The van der Waals surface area contributed by atoms with Crippen LogP contribution in [0.2, 0.25) is 0 Å². The number of rotatable bonds is 5. The molecule has 0 radical (unpaired) electrons. The maximum absolute atomic E-state index is 12.3. The Morgan fingerprint density at radius 1 is 1.14 bits per heavy atom. The van der Waals surface area contributed by atoms with E-state index in [9.17, 15) is 19.7 Å². The second kappa shape index (κ2) is 8.24. The van der Waals surface area contributed by atoms with Crippen molar-refractivity contribution in [3.05, 3.63) is 52.3 Å². The van der Waals surface area contributed by atoms with Crippen molar-refractivity contribution >= 4 is 17.6 Å². The first-order chi connectivity index (χ1) is 13.3. The number of carbonyl (C=O) groups is 2. The molecule has 148 valence electrons. The number of nitrogens with zero attached hydrogens (tertiary/aromatic N) is 2. The minimum absolute atomic E-state index is 0.0264. The van der Waals surface area contributed by atoms with Crippen LogP contribution in [-0.4, -0.2) is 41.4 Å². The Hall–Kier alpha value is -3.16. The van der Waals surface area contributed by atoms with Crippen molar-refractivity contribution in [1.82, 2.24) is 4.90 Å². The van der Waals surface area contributed by atoms with E-state index in [1.807, 2.05) is 0 Å². The van der Waals surface area contributed by atoms with Gasteiger partial charge in [-0.2, -0.15) is 0 Å². The van der Waals surface area contributed by atoms with Gasteiger partial charge in [-0.1, -0.05) is 13.8 Å². The summed E-state index contributed by atoms with van der Waals surface area (Å²) in [6.07, 6.45) is 1.08. The summed E-state index contributed by atoms with van der Waals surface area (Å²) in [7, 11) is 0. The quantitative estimate of drug-likeness (QED) is 0.442. The normalized spacial score (nSPS) is 19.3. The minimum atomic E-state index is -0.723. The summed E-state index contributed by atoms with van der Waals surface area (Å²) in [6, 6.07) is 8.81. The minimum Gasteiger partial charge on any atom is -0.450 e. The molecule has 8 nitrogen and oxygen atoms in total. The molecule has 0 aliphatic carbocycles. The van der Waals surface area contributed by atoms with Crippen LogP contribution in [0, 0.1) is 22.0 Å². The average Bonchev–Trinajstić information content (AvgIpc) is 3.15. The summed E-state index contributed by atoms with van der Waals surface area (Å²) in [5.41, 5.74) is 0.562. The number of ether oxygens (including phenoxy) is 1. The van der Waals surface area contributed by atoms with Gasteiger partial charge in [-0.05, 0) is 42.5 Å². The molecule has 8 heteroatoms. The molecule has 0 saturated carbocycles. The summed E-state index contributed by atoms with van der Waals surface area (Å²) < 4.78 is 10.6. The molecule has 2 heterocycles. The lowest BCUT2D eigenvalue weighted by molar-refractivity contribution is -0.384. The Morgan fingerprint density at radius 2 is 1.79 bits per heavy atom. The molecule has 1 aliphatic rings. The van der Waals surface area contributed by atoms with Crippen LogP contribution in [0.3, 0.4) is 0 Å². The number of carbonyl (C=O) groups excluding carboxylic acids is 2. The molecular weight excluding hydrogens is 364 g/mol. The Bertz CT molecular complexity index is 863. The fourth-order valence-corrected chi connectivity index (χ4v) is 3.51. The zero-order valence-electron chi connectivity index (χ0n) is 15.8. The van der Waals surface area contributed by atoms with Crippen molar-refractivity contribution in [3.63, 3.8) is 0 Å². The molecule has 1 aromatic carbocycles. The number of non-ortho nitro benzene ring substituents is 1. The van der Waals surface area contributed by atoms with Gasteiger partial charge in [0.2, 0.25) is 5.76 Å². The van der Waals surface area contributed by atoms with Gasteiger partial charge in [0.05, 0.1) is 4.92 Å². The molecule has 0 spiro atoms. The zero-order valence-corrected chi connectivity index (χ0v) is 15.8. The van der Waals surface area contributed by atoms with Crippen molar-refractivity contribution in [3.8, 4) is 11.3 Å². The summed E-state index contributed by atoms with van der Waals surface area (Å²) in [5, 5.41) is 10.7. The third-order valence-electron chi connectivity index (χ3n) is 4.72. The lowest BCUT2D eigenvalue weighted by Gasteiger charge is -2.34. The van der Waals surface area contributed by atoms with Gasteiger partial charge in [0.25, 0.3) is 11.6 Å². The highest BCUT2D eigenvalue weighted by atomic mass is 16.6. The topological polar surface area (TPSA) is 103 Å². The van der Waals surface area contributed by atoms with Gasteiger partial charge in [-0.25, -0.2) is 4.79 Å². The van der Waals surface area contributed by atoms with Gasteiger partial charge in [-0.3, -0.25) is 14.9 Å². The summed E-state index contributed by atoms with van der Waals surface area (Å²) in [6.45, 7) is 5.22. The van der Waals surface area contributed by atoms with Gasteiger partial charge < -0.3 is 14.1 Å². The van der Waals surface area contributed by atoms with Crippen molar-refractivity contribution in [2.75, 3.05) is 19.7 Å². The maximum Gasteiger partial charge on any atom is 0.374 e. The van der Waals surface area contributed by atoms with E-state index in [0.717, 1.165) is 6.42 Å². The van der Waals surface area contributed by atoms with E-state index in [-0.39, 0.29) is 24.0 Å². The number of benzene rings is 1. The van der Waals surface area contributed by atoms with Crippen LogP contribution in [0.25, 0.3) is 11.3 Å². The smallest absolute Gasteiger partial charge is 0.374 e. The first-order valence-electron chi connectivity index (χ1n) is 9.13. The molecule has 2 aromatic rings. The van der Waals surface area contributed by atoms with Gasteiger partial charge in [0.15, 0.2) is 6.61 Å². The molecule has 1 aromatic heterocycles. The van der Waals surface area contributed by atoms with E-state index in [0.29, 0.717) is 36.2 Å². The van der Waals surface area contributed by atoms with E-state index in [1.165, 1.54) is 30.3 Å². The number of piperidine rings is 1. The van der Waals surface area contributed by atoms with E-state index in [2.05, 4.69) is 13.8 Å². The molecule has 28 heavy (non-hydrogen) atoms. The first-order valence-corrected chi connectivity index (χ1v) is 9.13. The monoisotopic (exact) mass is 386 g/mol. The number of hydrogen-bond donors (Lipinski definition) is 0. The summed E-state index contributed by atoms with van der Waals surface area (Å²) in [4.78, 5) is 36.4. The number of nitro benzene ring substituents is 1. The molecule has 1 saturated heterocycles. The van der Waals surface area contributed by atoms with Crippen molar-refractivity contribution in [1.29, 1.82) is 0 Å². The highest BCUT2D eigenvalue weighted by molar-refractivity contribution is 5.89. The fourth-order valence-electron chi connectivity index (χ4n) is 3.51. The third kappa shape index (κ3) is 4.57. The fraction of sp³-hybridized carbons (Fsp3) is 0.400. The van der Waals surface area contributed by atoms with Crippen LogP contribution in [0.5, 0.6) is 0 Å². The van der Waals surface area contributed by atoms with Crippen LogP contribution in [0.15, 0.2) is 40.8 Å². The van der Waals surface area contributed by atoms with E-state index in [4.69, 9.17) is 9.15 Å². The largest absolute Gasteiger partial charge is 0.450 e. The Morgan fingerprint density at radius 3 is 2.39 bits per heavy atom. The van der Waals surface area contributed by atoms with Gasteiger partial charge in [0, 0.05) is 30.8 Å². The molecule has 3 rings (SSSR count). The summed E-state index contributed by atoms with van der Waals surface area (Å²) >= 11 is 0. The molecule has 0 bridgehead atoms. The predicted molar refractivity (Wildman–Crippen MR) is 101 cm³/mol.